The Kier molecular flexibility index (Phi) is 3.98. The number of hydrogen-bond donors (Lipinski definition) is 0. The highest BCUT2D eigenvalue weighted by atomic mass is 28.3. The molecule has 1 aromatic carbocycles. The van der Waals surface area contributed by atoms with Gasteiger partial charge in [-0.3, -0.25) is 4.99 Å². The zero-order chi connectivity index (χ0) is 13.3. The third-order valence-corrected chi connectivity index (χ3v) is 4.78. The van der Waals surface area contributed by atoms with E-state index < -0.39 is 8.07 Å². The topological polar surface area (TPSA) is 12.4 Å². The van der Waals surface area contributed by atoms with Crippen LogP contribution in [0.4, 0.5) is 0 Å². The van der Waals surface area contributed by atoms with Crippen molar-refractivity contribution >= 4 is 19.5 Å². The van der Waals surface area contributed by atoms with Gasteiger partial charge in [-0.05, 0) is 38.8 Å². The molecule has 1 aromatic rings. The molecule has 2 heteroatoms. The Bertz CT molecular complexity index is 420. The molecule has 94 valence electrons. The maximum Gasteiger partial charge on any atom is 0.0776 e. The second-order valence-corrected chi connectivity index (χ2v) is 11.8. The Labute approximate surface area is 107 Å². The van der Waals surface area contributed by atoms with E-state index in [4.69, 9.17) is 0 Å². The molecule has 0 aliphatic carbocycles. The molecular weight excluding hydrogens is 222 g/mol. The van der Waals surface area contributed by atoms with Crippen molar-refractivity contribution in [1.29, 1.82) is 0 Å². The van der Waals surface area contributed by atoms with Crippen molar-refractivity contribution in [2.24, 2.45) is 4.99 Å². The van der Waals surface area contributed by atoms with Gasteiger partial charge in [-0.25, -0.2) is 0 Å². The summed E-state index contributed by atoms with van der Waals surface area (Å²) in [7, 11) is -1.22. The van der Waals surface area contributed by atoms with Crippen LogP contribution in [0.2, 0.25) is 19.6 Å². The largest absolute Gasteiger partial charge is 0.287 e. The highest BCUT2D eigenvalue weighted by Crippen LogP contribution is 2.11. The number of aliphatic imine (C=N–C) groups is 1. The molecular formula is C15H25NSi. The van der Waals surface area contributed by atoms with Crippen LogP contribution in [0.3, 0.4) is 0 Å². The number of benzene rings is 1. The van der Waals surface area contributed by atoms with Crippen LogP contribution in [0, 0.1) is 6.92 Å². The van der Waals surface area contributed by atoms with Crippen molar-refractivity contribution in [1.82, 2.24) is 0 Å². The van der Waals surface area contributed by atoms with E-state index in [9.17, 15) is 0 Å². The van der Waals surface area contributed by atoms with Gasteiger partial charge < -0.3 is 0 Å². The Morgan fingerprint density at radius 3 is 2.18 bits per heavy atom. The van der Waals surface area contributed by atoms with Crippen molar-refractivity contribution < 1.29 is 0 Å². The predicted molar refractivity (Wildman–Crippen MR) is 81.5 cm³/mol. The third kappa shape index (κ3) is 4.47. The molecule has 0 N–H and O–H groups in total. The van der Waals surface area contributed by atoms with E-state index in [1.807, 2.05) is 6.21 Å². The zero-order valence-corrected chi connectivity index (χ0v) is 13.3. The van der Waals surface area contributed by atoms with Crippen molar-refractivity contribution in [2.75, 3.05) is 0 Å². The van der Waals surface area contributed by atoms with E-state index >= 15 is 0 Å². The monoisotopic (exact) mass is 247 g/mol. The summed E-state index contributed by atoms with van der Waals surface area (Å²) in [6.07, 6.45) is 2.03. The standard InChI is InChI=1S/C15H25NSi/c1-12-8-9-14(17(5,6)7)10-13(12)11-16-15(2,3)4/h8-11H,1-7H3. The number of rotatable bonds is 2. The Morgan fingerprint density at radius 2 is 1.71 bits per heavy atom. The molecule has 0 radical (unpaired) electrons. The average molecular weight is 247 g/mol. The second-order valence-electron chi connectivity index (χ2n) is 6.75. The van der Waals surface area contributed by atoms with E-state index in [2.05, 4.69) is 70.5 Å². The van der Waals surface area contributed by atoms with Gasteiger partial charge in [0.15, 0.2) is 0 Å². The first kappa shape index (κ1) is 14.2. The van der Waals surface area contributed by atoms with Crippen LogP contribution < -0.4 is 5.19 Å². The maximum absolute atomic E-state index is 4.60. The number of aryl methyl sites for hydroxylation is 1. The van der Waals surface area contributed by atoms with Gasteiger partial charge in [-0.1, -0.05) is 43.0 Å². The van der Waals surface area contributed by atoms with Gasteiger partial charge in [0.2, 0.25) is 0 Å². The lowest BCUT2D eigenvalue weighted by molar-refractivity contribution is 0.586. The molecule has 0 amide bonds. The second kappa shape index (κ2) is 4.77. The predicted octanol–water partition coefficient (Wildman–Crippen LogP) is 3.76. The first-order valence-electron chi connectivity index (χ1n) is 6.26. The van der Waals surface area contributed by atoms with Gasteiger partial charge in [0.1, 0.15) is 0 Å². The lowest BCUT2D eigenvalue weighted by Crippen LogP contribution is -2.37. The molecule has 0 aliphatic rings. The number of hydrogen-bond acceptors (Lipinski definition) is 1. The fraction of sp³-hybridized carbons (Fsp3) is 0.533. The van der Waals surface area contributed by atoms with E-state index in [1.165, 1.54) is 16.3 Å². The first-order chi connectivity index (χ1) is 7.59. The summed E-state index contributed by atoms with van der Waals surface area (Å²) in [4.78, 5) is 4.60. The smallest absolute Gasteiger partial charge is 0.0776 e. The van der Waals surface area contributed by atoms with Crippen LogP contribution in [0.1, 0.15) is 31.9 Å². The van der Waals surface area contributed by atoms with Crippen LogP contribution in [0.25, 0.3) is 0 Å². The van der Waals surface area contributed by atoms with Crippen molar-refractivity contribution in [2.45, 2.75) is 52.9 Å². The molecule has 0 spiro atoms. The lowest BCUT2D eigenvalue weighted by Gasteiger charge is -2.18. The van der Waals surface area contributed by atoms with Crippen LogP contribution in [-0.4, -0.2) is 19.8 Å². The molecule has 0 saturated carbocycles. The molecule has 0 aromatic heterocycles. The van der Waals surface area contributed by atoms with Crippen LogP contribution >= 0.6 is 0 Å². The highest BCUT2D eigenvalue weighted by molar-refractivity contribution is 6.88. The van der Waals surface area contributed by atoms with E-state index in [1.54, 1.807) is 0 Å². The molecule has 1 rings (SSSR count). The SMILES string of the molecule is Cc1ccc([Si](C)(C)C)cc1C=NC(C)(C)C. The molecule has 0 unspecified atom stereocenters. The summed E-state index contributed by atoms with van der Waals surface area (Å²) in [5.74, 6) is 0. The summed E-state index contributed by atoms with van der Waals surface area (Å²) < 4.78 is 0. The highest BCUT2D eigenvalue weighted by Gasteiger charge is 2.16. The minimum atomic E-state index is -1.22. The first-order valence-corrected chi connectivity index (χ1v) is 9.76. The van der Waals surface area contributed by atoms with Crippen LogP contribution in [0.15, 0.2) is 23.2 Å². The fourth-order valence-electron chi connectivity index (χ4n) is 1.51. The van der Waals surface area contributed by atoms with Crippen molar-refractivity contribution in [3.63, 3.8) is 0 Å². The normalized spacial score (nSPS) is 13.4. The van der Waals surface area contributed by atoms with Gasteiger partial charge in [0, 0.05) is 6.21 Å². The van der Waals surface area contributed by atoms with Gasteiger partial charge in [0.25, 0.3) is 0 Å². The van der Waals surface area contributed by atoms with Crippen molar-refractivity contribution in [3.05, 3.63) is 29.3 Å². The van der Waals surface area contributed by atoms with E-state index in [0.717, 1.165) is 0 Å². The fourth-order valence-corrected chi connectivity index (χ4v) is 2.68. The quantitative estimate of drug-likeness (QED) is 0.557. The summed E-state index contributed by atoms with van der Waals surface area (Å²) in [5, 5.41) is 1.50. The maximum atomic E-state index is 4.60. The third-order valence-electron chi connectivity index (χ3n) is 2.74. The molecule has 0 aliphatic heterocycles. The van der Waals surface area contributed by atoms with E-state index in [0.29, 0.717) is 0 Å². The molecule has 1 nitrogen and oxygen atoms in total. The Balaban J connectivity index is 3.12. The minimum absolute atomic E-state index is 0.00159. The summed E-state index contributed by atoms with van der Waals surface area (Å²) >= 11 is 0. The molecule has 0 saturated heterocycles. The van der Waals surface area contributed by atoms with Gasteiger partial charge in [-0.2, -0.15) is 0 Å². The molecule has 0 fully saturated rings. The number of nitrogens with zero attached hydrogens (tertiary/aromatic N) is 1. The van der Waals surface area contributed by atoms with E-state index in [-0.39, 0.29) is 5.54 Å². The molecule has 0 heterocycles. The molecule has 0 atom stereocenters. The lowest BCUT2D eigenvalue weighted by atomic mass is 10.1. The summed E-state index contributed by atoms with van der Waals surface area (Å²) in [5.41, 5.74) is 2.57. The summed E-state index contributed by atoms with van der Waals surface area (Å²) in [6.45, 7) is 15.7. The van der Waals surface area contributed by atoms with Gasteiger partial charge >= 0.3 is 0 Å². The van der Waals surface area contributed by atoms with Crippen LogP contribution in [-0.2, 0) is 0 Å². The Hall–Kier alpha value is -0.893. The average Bonchev–Trinajstić information content (AvgIpc) is 2.13. The summed E-state index contributed by atoms with van der Waals surface area (Å²) in [6, 6.07) is 6.81. The van der Waals surface area contributed by atoms with Crippen LogP contribution in [0.5, 0.6) is 0 Å². The zero-order valence-electron chi connectivity index (χ0n) is 12.3. The molecule has 0 bridgehead atoms. The minimum Gasteiger partial charge on any atom is -0.287 e. The van der Waals surface area contributed by atoms with Gasteiger partial charge in [0.05, 0.1) is 13.6 Å². The van der Waals surface area contributed by atoms with Gasteiger partial charge in [-0.15, -0.1) is 0 Å². The Morgan fingerprint density at radius 1 is 1.12 bits per heavy atom. The molecule has 17 heavy (non-hydrogen) atoms. The van der Waals surface area contributed by atoms with Crippen molar-refractivity contribution in [3.8, 4) is 0 Å².